The van der Waals surface area contributed by atoms with Crippen LogP contribution in [0.25, 0.3) is 12.2 Å². The third kappa shape index (κ3) is 252. The second-order valence-electron chi connectivity index (χ2n) is 27.1. The highest BCUT2D eigenvalue weighted by Crippen LogP contribution is 2.16. The Labute approximate surface area is 592 Å². The minimum absolute atomic E-state index is 0.360. The minimum Gasteiger partial charge on any atom is -0.100 e. The van der Waals surface area contributed by atoms with Crippen LogP contribution in [0.4, 0.5) is 0 Å². The molecular formula is C93H170. The van der Waals surface area contributed by atoms with Crippen molar-refractivity contribution in [3.8, 4) is 0 Å². The molecule has 0 saturated heterocycles. The van der Waals surface area contributed by atoms with Gasteiger partial charge in [0.05, 0.1) is 0 Å². The average molecular weight is 1290 g/mol. The van der Waals surface area contributed by atoms with Crippen LogP contribution in [0.3, 0.4) is 0 Å². The van der Waals surface area contributed by atoms with Gasteiger partial charge >= 0.3 is 0 Å². The van der Waals surface area contributed by atoms with E-state index in [0.717, 1.165) is 0 Å². The number of allylic oxidation sites excluding steroid dienone is 29. The summed E-state index contributed by atoms with van der Waals surface area (Å²) in [4.78, 5) is 0. The summed E-state index contributed by atoms with van der Waals surface area (Å²) in [7, 11) is 0. The minimum atomic E-state index is 0.360. The maximum atomic E-state index is 3.56. The van der Waals surface area contributed by atoms with Crippen molar-refractivity contribution < 1.29 is 0 Å². The van der Waals surface area contributed by atoms with Gasteiger partial charge in [0.2, 0.25) is 0 Å². The standard InChI is InChI=1S/2C10H12.C8H16.C6H12.11C5H10.C4H8/c2*1-9(2)8-10-6-4-3-5-7-10;1-7(2)6-8(3,4)5;1-5(2)6(3)4;11*1-4-5(2)3;1-4(2)3/h2*3-8H,1-2H3;6H,1-5H3;1-4H3;11*4H,1-3H3;1H2,2-3H3. The van der Waals surface area contributed by atoms with Crippen molar-refractivity contribution in [2.24, 2.45) is 5.41 Å². The average Bonchev–Trinajstić information content (AvgIpc) is 3.46. The lowest BCUT2D eigenvalue weighted by atomic mass is 9.94. The van der Waals surface area contributed by atoms with E-state index >= 15 is 0 Å². The monoisotopic (exact) mass is 1290 g/mol. The quantitative estimate of drug-likeness (QED) is 0.263. The molecule has 0 aliphatic carbocycles. The van der Waals surface area contributed by atoms with Crippen molar-refractivity contribution in [3.05, 3.63) is 246 Å². The number of hydrogen-bond donors (Lipinski definition) is 0. The molecule has 0 bridgehead atoms. The molecule has 0 atom stereocenters. The van der Waals surface area contributed by atoms with Gasteiger partial charge in [-0.1, -0.05) is 261 Å². The third-order valence-corrected chi connectivity index (χ3v) is 10.6. The van der Waals surface area contributed by atoms with Gasteiger partial charge in [0.15, 0.2) is 0 Å². The van der Waals surface area contributed by atoms with Crippen molar-refractivity contribution in [1.82, 2.24) is 0 Å². The summed E-state index contributed by atoms with van der Waals surface area (Å²) in [6, 6.07) is 20.7. The van der Waals surface area contributed by atoms with Crippen LogP contribution >= 0.6 is 0 Å². The summed E-state index contributed by atoms with van der Waals surface area (Å²) in [5.74, 6) is 0. The first kappa shape index (κ1) is 121. The zero-order valence-corrected chi connectivity index (χ0v) is 72.6. The van der Waals surface area contributed by atoms with Crippen LogP contribution in [0.1, 0.15) is 343 Å². The molecule has 0 nitrogen and oxygen atoms in total. The third-order valence-electron chi connectivity index (χ3n) is 10.6. The van der Waals surface area contributed by atoms with E-state index in [2.05, 4.69) is 383 Å². The van der Waals surface area contributed by atoms with E-state index in [0.29, 0.717) is 5.41 Å². The highest BCUT2D eigenvalue weighted by molar-refractivity contribution is 5.52. The van der Waals surface area contributed by atoms with Crippen molar-refractivity contribution in [2.45, 2.75) is 332 Å². The maximum Gasteiger partial charge on any atom is -0.0201 e. The summed E-state index contributed by atoms with van der Waals surface area (Å²) in [6.07, 6.45) is 29.5. The second kappa shape index (κ2) is 95.0. The fraction of sp³-hybridized carbons (Fsp3) is 0.527. The predicted octanol–water partition coefficient (Wildman–Crippen LogP) is 34.9. The largest absolute Gasteiger partial charge is 0.100 e. The Balaban J connectivity index is -0.0000000602. The Kier molecular flexibility index (Phi) is 124. The molecule has 2 aromatic rings. The summed E-state index contributed by atoms with van der Waals surface area (Å²) >= 11 is 0. The Morgan fingerprint density at radius 1 is 0.226 bits per heavy atom. The zero-order chi connectivity index (χ0) is 77.4. The summed E-state index contributed by atoms with van der Waals surface area (Å²) in [6.45, 7) is 104. The first-order chi connectivity index (χ1) is 42.3. The first-order valence-electron chi connectivity index (χ1n) is 34.2. The molecule has 2 aromatic carbocycles. The van der Waals surface area contributed by atoms with E-state index in [9.17, 15) is 0 Å². The molecule has 2 rings (SSSR count). The van der Waals surface area contributed by atoms with Crippen LogP contribution in [-0.2, 0) is 0 Å². The van der Waals surface area contributed by atoms with Gasteiger partial charge in [0.1, 0.15) is 0 Å². The zero-order valence-electron chi connectivity index (χ0n) is 72.6. The molecule has 0 radical (unpaired) electrons. The molecule has 0 N–H and O–H groups in total. The smallest absolute Gasteiger partial charge is 0.0201 e. The van der Waals surface area contributed by atoms with Crippen LogP contribution in [-0.4, -0.2) is 0 Å². The van der Waals surface area contributed by atoms with Crippen molar-refractivity contribution in [3.63, 3.8) is 0 Å². The molecule has 0 aliphatic heterocycles. The molecule has 0 fully saturated rings. The Hall–Kier alpha value is -5.72. The Morgan fingerprint density at radius 2 is 0.344 bits per heavy atom. The van der Waals surface area contributed by atoms with Crippen molar-refractivity contribution in [2.75, 3.05) is 0 Å². The van der Waals surface area contributed by atoms with E-state index < -0.39 is 0 Å². The van der Waals surface area contributed by atoms with E-state index in [1.54, 1.807) is 0 Å². The Bertz CT molecular complexity index is 1960. The Morgan fingerprint density at radius 3 is 0.398 bits per heavy atom. The van der Waals surface area contributed by atoms with Crippen LogP contribution < -0.4 is 0 Å². The molecule has 0 heterocycles. The van der Waals surface area contributed by atoms with Gasteiger partial charge in [-0.05, 0) is 328 Å². The van der Waals surface area contributed by atoms with Gasteiger partial charge < -0.3 is 0 Å². The summed E-state index contributed by atoms with van der Waals surface area (Å²) in [5.41, 5.74) is 26.2. The predicted molar refractivity (Wildman–Crippen MR) is 457 cm³/mol. The molecule has 0 saturated carbocycles. The fourth-order valence-corrected chi connectivity index (χ4v) is 2.63. The highest BCUT2D eigenvalue weighted by atomic mass is 14.1. The lowest BCUT2D eigenvalue weighted by Crippen LogP contribution is -1.99. The van der Waals surface area contributed by atoms with Crippen LogP contribution in [0.5, 0.6) is 0 Å². The van der Waals surface area contributed by atoms with Gasteiger partial charge in [0, 0.05) is 0 Å². The van der Waals surface area contributed by atoms with Crippen LogP contribution in [0.2, 0.25) is 0 Å². The van der Waals surface area contributed by atoms with E-state index in [-0.39, 0.29) is 0 Å². The van der Waals surface area contributed by atoms with Gasteiger partial charge in [-0.25, -0.2) is 0 Å². The van der Waals surface area contributed by atoms with Gasteiger partial charge in [-0.2, -0.15) is 0 Å². The molecule has 0 unspecified atom stereocenters. The van der Waals surface area contributed by atoms with Crippen molar-refractivity contribution >= 4 is 12.2 Å². The van der Waals surface area contributed by atoms with Crippen molar-refractivity contribution in [1.29, 1.82) is 0 Å². The van der Waals surface area contributed by atoms with E-state index in [4.69, 9.17) is 0 Å². The summed E-state index contributed by atoms with van der Waals surface area (Å²) in [5, 5.41) is 0. The van der Waals surface area contributed by atoms with Crippen LogP contribution in [0, 0.1) is 5.41 Å². The number of benzene rings is 2. The molecular weight excluding hydrogens is 1120 g/mol. The highest BCUT2D eigenvalue weighted by Gasteiger charge is 2.03. The second-order valence-corrected chi connectivity index (χ2v) is 27.1. The molecule has 542 valence electrons. The summed E-state index contributed by atoms with van der Waals surface area (Å²) < 4.78 is 0. The van der Waals surface area contributed by atoms with Gasteiger partial charge in [-0.15, -0.1) is 6.58 Å². The molecule has 0 aliphatic rings. The number of rotatable bonds is 2. The van der Waals surface area contributed by atoms with E-state index in [1.807, 2.05) is 102 Å². The SMILES string of the molecule is C=C(C)C.CC(C)=C(C)C.CC(C)=CC(C)(C)C.CC(C)=Cc1ccccc1.CC(C)=Cc1ccccc1.CC=C(C)C.CC=C(C)C.CC=C(C)C.CC=C(C)C.CC=C(C)C.CC=C(C)C.CC=C(C)C.CC=C(C)C.CC=C(C)C.CC=C(C)C.CC=C(C)C. The maximum absolute atomic E-state index is 3.56. The molecule has 0 amide bonds. The fourth-order valence-electron chi connectivity index (χ4n) is 2.63. The normalized spacial score (nSPS) is 7.83. The first-order valence-corrected chi connectivity index (χ1v) is 34.2. The topological polar surface area (TPSA) is 0 Å². The van der Waals surface area contributed by atoms with Gasteiger partial charge in [0.25, 0.3) is 0 Å². The number of hydrogen-bond acceptors (Lipinski definition) is 0. The van der Waals surface area contributed by atoms with Gasteiger partial charge in [-0.3, -0.25) is 0 Å². The lowest BCUT2D eigenvalue weighted by molar-refractivity contribution is 0.540. The molecule has 0 aromatic heterocycles. The van der Waals surface area contributed by atoms with E-state index in [1.165, 1.54) is 106 Å². The van der Waals surface area contributed by atoms with Crippen LogP contribution in [0.15, 0.2) is 235 Å². The molecule has 93 heavy (non-hydrogen) atoms. The molecule has 0 heteroatoms. The molecule has 0 spiro atoms. The lowest BCUT2D eigenvalue weighted by Gasteiger charge is -2.11.